The fourth-order valence-electron chi connectivity index (χ4n) is 2.50. The first-order valence-corrected chi connectivity index (χ1v) is 9.18. The van der Waals surface area contributed by atoms with Crippen molar-refractivity contribution in [3.8, 4) is 18.1 Å². The summed E-state index contributed by atoms with van der Waals surface area (Å²) in [6, 6.07) is 5.80. The second-order valence-corrected chi connectivity index (χ2v) is 7.24. The summed E-state index contributed by atoms with van der Waals surface area (Å²) in [5.74, 6) is 3.32. The van der Waals surface area contributed by atoms with Crippen LogP contribution in [0.3, 0.4) is 0 Å². The number of oxime groups is 1. The Morgan fingerprint density at radius 2 is 2.19 bits per heavy atom. The molecule has 2 aromatic rings. The molecule has 142 valence electrons. The third kappa shape index (κ3) is 5.66. The maximum Gasteiger partial charge on any atom is 0.146 e. The number of pyridine rings is 1. The Kier molecular flexibility index (Phi) is 6.75. The molecule has 0 fully saturated rings. The van der Waals surface area contributed by atoms with Gasteiger partial charge in [-0.1, -0.05) is 23.3 Å². The smallest absolute Gasteiger partial charge is 0.146 e. The van der Waals surface area contributed by atoms with Gasteiger partial charge in [0.05, 0.1) is 17.3 Å². The van der Waals surface area contributed by atoms with Crippen molar-refractivity contribution in [2.75, 3.05) is 6.61 Å². The number of thiocarbonyl (C=S) groups is 1. The number of ether oxygens (including phenoxy) is 1. The zero-order chi connectivity index (χ0) is 20.0. The Morgan fingerprint density at radius 3 is 2.85 bits per heavy atom. The predicted molar refractivity (Wildman–Crippen MR) is 114 cm³/mol. The summed E-state index contributed by atoms with van der Waals surface area (Å²) < 4.78 is 6.05. The summed E-state index contributed by atoms with van der Waals surface area (Å²) >= 11 is 5.49. The van der Waals surface area contributed by atoms with Gasteiger partial charge < -0.3 is 14.9 Å². The highest BCUT2D eigenvalue weighted by molar-refractivity contribution is 7.80. The molecule has 1 unspecified atom stereocenters. The number of benzene rings is 1. The first kappa shape index (κ1) is 20.7. The van der Waals surface area contributed by atoms with Crippen LogP contribution in [-0.4, -0.2) is 34.4 Å². The summed E-state index contributed by atoms with van der Waals surface area (Å²) in [4.78, 5) is 10.0. The quantitative estimate of drug-likeness (QED) is 0.339. The number of nitrogens with zero attached hydrogens (tertiary/aromatic N) is 2. The standard InChI is InChI=1S/C21H25N3O2S/c1-7-16-10-17-11-18(9-14(3)19(17)22-12-16)26-15(4)20(27)24-21(5,6)13-23-25-8-2/h1,9-13,15H,8H2,2-6H3,(H,24,27). The van der Waals surface area contributed by atoms with Gasteiger partial charge in [0.15, 0.2) is 0 Å². The lowest BCUT2D eigenvalue weighted by molar-refractivity contribution is 0.158. The zero-order valence-electron chi connectivity index (χ0n) is 16.4. The SMILES string of the molecule is C#Cc1cnc2c(C)cc(OC(C)C(=S)NC(C)(C)C=NOCC)cc2c1. The van der Waals surface area contributed by atoms with E-state index in [0.717, 1.165) is 22.0 Å². The van der Waals surface area contributed by atoms with Gasteiger partial charge in [-0.25, -0.2) is 0 Å². The first-order valence-electron chi connectivity index (χ1n) is 8.78. The van der Waals surface area contributed by atoms with Crippen LogP contribution in [-0.2, 0) is 4.84 Å². The summed E-state index contributed by atoms with van der Waals surface area (Å²) in [5, 5.41) is 8.09. The Labute approximate surface area is 166 Å². The maximum atomic E-state index is 6.05. The molecule has 1 atom stereocenters. The Hall–Kier alpha value is -2.65. The van der Waals surface area contributed by atoms with E-state index in [1.54, 1.807) is 12.4 Å². The van der Waals surface area contributed by atoms with Gasteiger partial charge in [-0.15, -0.1) is 6.42 Å². The fourth-order valence-corrected chi connectivity index (χ4v) is 2.81. The Balaban J connectivity index is 2.13. The maximum absolute atomic E-state index is 6.05. The van der Waals surface area contributed by atoms with E-state index in [1.165, 1.54) is 0 Å². The fraction of sp³-hybridized carbons (Fsp3) is 0.381. The normalized spacial score (nSPS) is 12.6. The molecule has 1 N–H and O–H groups in total. The van der Waals surface area contributed by atoms with E-state index in [0.29, 0.717) is 17.3 Å². The monoisotopic (exact) mass is 383 g/mol. The lowest BCUT2D eigenvalue weighted by Gasteiger charge is -2.26. The van der Waals surface area contributed by atoms with E-state index in [1.807, 2.05) is 52.8 Å². The predicted octanol–water partition coefficient (Wildman–Crippen LogP) is 4.01. The van der Waals surface area contributed by atoms with Crippen molar-refractivity contribution in [3.63, 3.8) is 0 Å². The molecule has 0 spiro atoms. The molecule has 2 rings (SSSR count). The molecule has 0 aliphatic heterocycles. The van der Waals surface area contributed by atoms with Crippen LogP contribution in [0.2, 0.25) is 0 Å². The molecular formula is C21H25N3O2S. The average molecular weight is 384 g/mol. The number of rotatable bonds is 7. The molecule has 0 aliphatic carbocycles. The molecule has 0 amide bonds. The number of nitrogens with one attached hydrogen (secondary N) is 1. The number of fused-ring (bicyclic) bond motifs is 1. The number of terminal acetylenes is 1. The number of hydrogen-bond acceptors (Lipinski definition) is 5. The van der Waals surface area contributed by atoms with Crippen molar-refractivity contribution in [2.45, 2.75) is 46.3 Å². The van der Waals surface area contributed by atoms with Crippen LogP contribution >= 0.6 is 12.2 Å². The van der Waals surface area contributed by atoms with Crippen LogP contribution < -0.4 is 10.1 Å². The van der Waals surface area contributed by atoms with E-state index in [4.69, 9.17) is 28.2 Å². The average Bonchev–Trinajstić information content (AvgIpc) is 2.60. The van der Waals surface area contributed by atoms with Crippen molar-refractivity contribution in [3.05, 3.63) is 35.5 Å². The van der Waals surface area contributed by atoms with Gasteiger partial charge in [0.2, 0.25) is 0 Å². The highest BCUT2D eigenvalue weighted by Crippen LogP contribution is 2.25. The number of aromatic nitrogens is 1. The molecule has 1 aromatic heterocycles. The zero-order valence-corrected chi connectivity index (χ0v) is 17.2. The molecule has 0 saturated heterocycles. The molecule has 27 heavy (non-hydrogen) atoms. The van der Waals surface area contributed by atoms with Gasteiger partial charge in [0, 0.05) is 17.1 Å². The van der Waals surface area contributed by atoms with Crippen molar-refractivity contribution in [1.82, 2.24) is 10.3 Å². The van der Waals surface area contributed by atoms with Gasteiger partial charge in [-0.2, -0.15) is 0 Å². The Morgan fingerprint density at radius 1 is 1.44 bits per heavy atom. The molecule has 5 nitrogen and oxygen atoms in total. The van der Waals surface area contributed by atoms with Crippen LogP contribution in [0.5, 0.6) is 5.75 Å². The molecule has 1 aromatic carbocycles. The minimum atomic E-state index is -0.450. The minimum Gasteiger partial charge on any atom is -0.484 e. The minimum absolute atomic E-state index is 0.319. The second kappa shape index (κ2) is 8.83. The van der Waals surface area contributed by atoms with Crippen LogP contribution in [0.1, 0.15) is 38.8 Å². The van der Waals surface area contributed by atoms with Crippen molar-refractivity contribution in [2.24, 2.45) is 5.16 Å². The van der Waals surface area contributed by atoms with Gasteiger partial charge >= 0.3 is 0 Å². The largest absolute Gasteiger partial charge is 0.484 e. The third-order valence-electron chi connectivity index (χ3n) is 3.82. The molecule has 1 heterocycles. The van der Waals surface area contributed by atoms with Crippen LogP contribution in [0, 0.1) is 19.3 Å². The molecule has 0 bridgehead atoms. The van der Waals surface area contributed by atoms with E-state index in [-0.39, 0.29) is 6.10 Å². The van der Waals surface area contributed by atoms with Crippen LogP contribution in [0.25, 0.3) is 10.9 Å². The molecule has 0 radical (unpaired) electrons. The van der Waals surface area contributed by atoms with Crippen molar-refractivity contribution in [1.29, 1.82) is 0 Å². The Bertz CT molecular complexity index is 900. The van der Waals surface area contributed by atoms with Gasteiger partial charge in [-0.05, 0) is 58.4 Å². The van der Waals surface area contributed by atoms with E-state index in [2.05, 4.69) is 21.4 Å². The summed E-state index contributed by atoms with van der Waals surface area (Å²) in [6.07, 6.45) is 8.54. The molecule has 6 heteroatoms. The molecular weight excluding hydrogens is 358 g/mol. The summed E-state index contributed by atoms with van der Waals surface area (Å²) in [6.45, 7) is 10.2. The summed E-state index contributed by atoms with van der Waals surface area (Å²) in [7, 11) is 0. The van der Waals surface area contributed by atoms with Gasteiger partial charge in [0.1, 0.15) is 23.4 Å². The van der Waals surface area contributed by atoms with Crippen LogP contribution in [0.4, 0.5) is 0 Å². The molecule has 0 saturated carbocycles. The highest BCUT2D eigenvalue weighted by atomic mass is 32.1. The van der Waals surface area contributed by atoms with Crippen molar-refractivity contribution < 1.29 is 9.57 Å². The second-order valence-electron chi connectivity index (χ2n) is 6.80. The lowest BCUT2D eigenvalue weighted by atomic mass is 10.1. The van der Waals surface area contributed by atoms with E-state index < -0.39 is 5.54 Å². The molecule has 0 aliphatic rings. The van der Waals surface area contributed by atoms with Crippen LogP contribution in [0.15, 0.2) is 29.6 Å². The lowest BCUT2D eigenvalue weighted by Crippen LogP contribution is -2.48. The third-order valence-corrected chi connectivity index (χ3v) is 4.25. The summed E-state index contributed by atoms with van der Waals surface area (Å²) in [5.41, 5.74) is 2.21. The van der Waals surface area contributed by atoms with E-state index >= 15 is 0 Å². The van der Waals surface area contributed by atoms with Crippen molar-refractivity contribution >= 4 is 34.3 Å². The highest BCUT2D eigenvalue weighted by Gasteiger charge is 2.21. The number of hydrogen-bond donors (Lipinski definition) is 1. The van der Waals surface area contributed by atoms with Gasteiger partial charge in [-0.3, -0.25) is 4.98 Å². The van der Waals surface area contributed by atoms with E-state index in [9.17, 15) is 0 Å². The van der Waals surface area contributed by atoms with Gasteiger partial charge in [0.25, 0.3) is 0 Å². The number of aryl methyl sites for hydroxylation is 1. The topological polar surface area (TPSA) is 55.7 Å². The first-order chi connectivity index (χ1) is 12.8.